The molecule has 2 N–H and O–H groups in total. The predicted molar refractivity (Wildman–Crippen MR) is 102 cm³/mol. The first-order valence-corrected chi connectivity index (χ1v) is 9.29. The average molecular weight is 361 g/mol. The van der Waals surface area contributed by atoms with Crippen molar-refractivity contribution in [2.24, 2.45) is 5.92 Å². The summed E-state index contributed by atoms with van der Waals surface area (Å²) in [6.07, 6.45) is 2.05. The van der Waals surface area contributed by atoms with Gasteiger partial charge in [0.1, 0.15) is 6.61 Å². The molecule has 1 aromatic rings. The Morgan fingerprint density at radius 1 is 1.15 bits per heavy atom. The molecule has 0 heterocycles. The molecule has 1 unspecified atom stereocenters. The van der Waals surface area contributed by atoms with Crippen LogP contribution < -0.4 is 10.6 Å². The Labute approximate surface area is 156 Å². The highest BCUT2D eigenvalue weighted by atomic mass is 16.5. The van der Waals surface area contributed by atoms with Crippen LogP contribution in [0.15, 0.2) is 30.3 Å². The van der Waals surface area contributed by atoms with Crippen molar-refractivity contribution in [1.29, 1.82) is 0 Å². The Morgan fingerprint density at radius 3 is 2.38 bits per heavy atom. The van der Waals surface area contributed by atoms with Gasteiger partial charge in [-0.25, -0.2) is 4.79 Å². The summed E-state index contributed by atoms with van der Waals surface area (Å²) in [5.41, 5.74) is 0.967. The van der Waals surface area contributed by atoms with Gasteiger partial charge in [0.2, 0.25) is 5.91 Å². The van der Waals surface area contributed by atoms with Crippen LogP contribution in [-0.4, -0.2) is 49.1 Å². The summed E-state index contributed by atoms with van der Waals surface area (Å²) in [5.74, 6) is 0.552. The monoisotopic (exact) mass is 361 g/mol. The lowest BCUT2D eigenvalue weighted by molar-refractivity contribution is -0.131. The third-order valence-corrected chi connectivity index (χ3v) is 4.56. The maximum atomic E-state index is 12.3. The first-order valence-electron chi connectivity index (χ1n) is 9.29. The molecule has 1 aliphatic rings. The number of carbonyl (C=O) groups is 2. The smallest absolute Gasteiger partial charge is 0.407 e. The average Bonchev–Trinajstić information content (AvgIpc) is 2.57. The van der Waals surface area contributed by atoms with E-state index in [1.54, 1.807) is 19.0 Å². The molecule has 1 aliphatic carbocycles. The van der Waals surface area contributed by atoms with E-state index in [0.29, 0.717) is 5.92 Å². The molecule has 0 aliphatic heterocycles. The molecule has 1 saturated carbocycles. The number of alkyl carbamates (subject to hydrolysis) is 1. The van der Waals surface area contributed by atoms with Gasteiger partial charge in [0.25, 0.3) is 0 Å². The van der Waals surface area contributed by atoms with E-state index in [1.807, 2.05) is 30.3 Å². The summed E-state index contributed by atoms with van der Waals surface area (Å²) < 4.78 is 5.24. The van der Waals surface area contributed by atoms with Crippen LogP contribution in [0.4, 0.5) is 4.79 Å². The Morgan fingerprint density at radius 2 is 1.81 bits per heavy atom. The zero-order chi connectivity index (χ0) is 19.1. The van der Waals surface area contributed by atoms with Crippen molar-refractivity contribution in [1.82, 2.24) is 15.5 Å². The quantitative estimate of drug-likeness (QED) is 0.746. The summed E-state index contributed by atoms with van der Waals surface area (Å²) in [6.45, 7) is 4.51. The fraction of sp³-hybridized carbons (Fsp3) is 0.600. The van der Waals surface area contributed by atoms with E-state index in [4.69, 9.17) is 4.74 Å². The zero-order valence-corrected chi connectivity index (χ0v) is 16.2. The minimum absolute atomic E-state index is 0.102. The number of hydrogen-bond donors (Lipinski definition) is 2. The van der Waals surface area contributed by atoms with E-state index in [1.165, 1.54) is 0 Å². The van der Waals surface area contributed by atoms with E-state index in [-0.39, 0.29) is 36.7 Å². The van der Waals surface area contributed by atoms with Crippen LogP contribution >= 0.6 is 0 Å². The number of likely N-dealkylation sites (N-methyl/N-ethyl adjacent to an activating group) is 1. The molecule has 0 saturated heterocycles. The van der Waals surface area contributed by atoms with Crippen LogP contribution in [0.25, 0.3) is 0 Å². The standard InChI is InChI=1S/C20H31N3O3/c1-14(2)10-18(19(24)23(3)4)21-16-11-17(12-16)22-20(25)26-13-15-8-6-5-7-9-15/h5-9,14,16-18,21H,10-13H2,1-4H3,(H,22,25). The van der Waals surface area contributed by atoms with Gasteiger partial charge in [0.05, 0.1) is 6.04 Å². The molecule has 2 rings (SSSR count). The van der Waals surface area contributed by atoms with Gasteiger partial charge in [0, 0.05) is 26.2 Å². The Hall–Kier alpha value is -2.08. The molecule has 0 aromatic heterocycles. The van der Waals surface area contributed by atoms with Gasteiger partial charge in [-0.1, -0.05) is 44.2 Å². The van der Waals surface area contributed by atoms with E-state index in [2.05, 4.69) is 24.5 Å². The lowest BCUT2D eigenvalue weighted by Gasteiger charge is -2.39. The maximum Gasteiger partial charge on any atom is 0.407 e. The van der Waals surface area contributed by atoms with Gasteiger partial charge in [-0.05, 0) is 30.7 Å². The molecular formula is C20H31N3O3. The first kappa shape index (κ1) is 20.2. The van der Waals surface area contributed by atoms with Crippen molar-refractivity contribution >= 4 is 12.0 Å². The van der Waals surface area contributed by atoms with Gasteiger partial charge in [0.15, 0.2) is 0 Å². The van der Waals surface area contributed by atoms with Crippen LogP contribution in [0.5, 0.6) is 0 Å². The van der Waals surface area contributed by atoms with Gasteiger partial charge in [-0.15, -0.1) is 0 Å². The van der Waals surface area contributed by atoms with Crippen LogP contribution in [-0.2, 0) is 16.1 Å². The summed E-state index contributed by atoms with van der Waals surface area (Å²) in [5, 5.41) is 6.33. The van der Waals surface area contributed by atoms with E-state index < -0.39 is 0 Å². The summed E-state index contributed by atoms with van der Waals surface area (Å²) in [7, 11) is 3.57. The summed E-state index contributed by atoms with van der Waals surface area (Å²) in [6, 6.07) is 9.80. The largest absolute Gasteiger partial charge is 0.445 e. The lowest BCUT2D eigenvalue weighted by atomic mass is 9.85. The van der Waals surface area contributed by atoms with Gasteiger partial charge < -0.3 is 20.3 Å². The molecule has 1 atom stereocenters. The molecule has 1 aromatic carbocycles. The van der Waals surface area contributed by atoms with Crippen LogP contribution in [0.2, 0.25) is 0 Å². The molecule has 1 fully saturated rings. The number of nitrogens with zero attached hydrogens (tertiary/aromatic N) is 1. The van der Waals surface area contributed by atoms with Crippen LogP contribution in [0.3, 0.4) is 0 Å². The maximum absolute atomic E-state index is 12.3. The molecule has 0 spiro atoms. The van der Waals surface area contributed by atoms with Crippen LogP contribution in [0.1, 0.15) is 38.7 Å². The molecule has 6 nitrogen and oxygen atoms in total. The topological polar surface area (TPSA) is 70.7 Å². The number of nitrogens with one attached hydrogen (secondary N) is 2. The minimum Gasteiger partial charge on any atom is -0.445 e. The van der Waals surface area contributed by atoms with Crippen molar-refractivity contribution in [3.8, 4) is 0 Å². The van der Waals surface area contributed by atoms with Crippen molar-refractivity contribution in [2.75, 3.05) is 14.1 Å². The number of hydrogen-bond acceptors (Lipinski definition) is 4. The molecule has 144 valence electrons. The van der Waals surface area contributed by atoms with Crippen molar-refractivity contribution in [2.45, 2.75) is 57.8 Å². The number of rotatable bonds is 8. The van der Waals surface area contributed by atoms with Crippen molar-refractivity contribution < 1.29 is 14.3 Å². The van der Waals surface area contributed by atoms with Crippen LogP contribution in [0, 0.1) is 5.92 Å². The third-order valence-electron chi connectivity index (χ3n) is 4.56. The summed E-state index contributed by atoms with van der Waals surface area (Å²) in [4.78, 5) is 25.8. The highest BCUT2D eigenvalue weighted by Gasteiger charge is 2.34. The predicted octanol–water partition coefficient (Wildman–Crippen LogP) is 2.54. The Kier molecular flexibility index (Phi) is 7.45. The molecule has 0 bridgehead atoms. The second-order valence-electron chi connectivity index (χ2n) is 7.65. The molecular weight excluding hydrogens is 330 g/mol. The van der Waals surface area contributed by atoms with Crippen molar-refractivity contribution in [3.63, 3.8) is 0 Å². The highest BCUT2D eigenvalue weighted by molar-refractivity contribution is 5.81. The number of ether oxygens (including phenoxy) is 1. The number of carbonyl (C=O) groups excluding carboxylic acids is 2. The number of amides is 2. The van der Waals surface area contributed by atoms with Gasteiger partial charge >= 0.3 is 6.09 Å². The molecule has 6 heteroatoms. The fourth-order valence-electron chi connectivity index (χ4n) is 3.11. The van der Waals surface area contributed by atoms with E-state index in [9.17, 15) is 9.59 Å². The fourth-order valence-corrected chi connectivity index (χ4v) is 3.11. The summed E-state index contributed by atoms with van der Waals surface area (Å²) >= 11 is 0. The number of benzene rings is 1. The van der Waals surface area contributed by atoms with E-state index in [0.717, 1.165) is 24.8 Å². The molecule has 2 amide bonds. The van der Waals surface area contributed by atoms with Crippen molar-refractivity contribution in [3.05, 3.63) is 35.9 Å². The second kappa shape index (κ2) is 9.57. The van der Waals surface area contributed by atoms with E-state index >= 15 is 0 Å². The second-order valence-corrected chi connectivity index (χ2v) is 7.65. The minimum atomic E-state index is -0.389. The first-order chi connectivity index (χ1) is 12.3. The van der Waals surface area contributed by atoms with Gasteiger partial charge in [-0.2, -0.15) is 0 Å². The zero-order valence-electron chi connectivity index (χ0n) is 16.2. The lowest BCUT2D eigenvalue weighted by Crippen LogP contribution is -2.57. The van der Waals surface area contributed by atoms with Gasteiger partial charge in [-0.3, -0.25) is 4.79 Å². The normalized spacial score (nSPS) is 20.2. The molecule has 0 radical (unpaired) electrons. The Balaban J connectivity index is 1.70. The highest BCUT2D eigenvalue weighted by Crippen LogP contribution is 2.22. The Bertz CT molecular complexity index is 583. The SMILES string of the molecule is CC(C)CC(NC1CC(NC(=O)OCc2ccccc2)C1)C(=O)N(C)C. The third kappa shape index (κ3) is 6.33. The molecule has 26 heavy (non-hydrogen) atoms.